The fraction of sp³-hybridized carbons (Fsp3) is 0.381. The van der Waals surface area contributed by atoms with Crippen molar-refractivity contribution in [2.45, 2.75) is 25.0 Å². The zero-order valence-corrected chi connectivity index (χ0v) is 17.6. The van der Waals surface area contributed by atoms with Crippen molar-refractivity contribution in [3.63, 3.8) is 0 Å². The lowest BCUT2D eigenvalue weighted by molar-refractivity contribution is 0.0452. The van der Waals surface area contributed by atoms with E-state index in [4.69, 9.17) is 0 Å². The normalized spacial score (nSPS) is 15.7. The van der Waals surface area contributed by atoms with Crippen LogP contribution < -0.4 is 10.2 Å². The van der Waals surface area contributed by atoms with Gasteiger partial charge in [0.15, 0.2) is 11.6 Å². The summed E-state index contributed by atoms with van der Waals surface area (Å²) in [5.74, 6) is 1.63. The molecule has 4 rings (SSSR count). The highest BCUT2D eigenvalue weighted by molar-refractivity contribution is 7.99. The molecule has 3 heterocycles. The van der Waals surface area contributed by atoms with Gasteiger partial charge >= 0.3 is 0 Å². The Kier molecular flexibility index (Phi) is 6.19. The van der Waals surface area contributed by atoms with Gasteiger partial charge in [-0.25, -0.2) is 14.6 Å². The largest absolute Gasteiger partial charge is 0.388 e. The Hall–Kier alpha value is -2.65. The summed E-state index contributed by atoms with van der Waals surface area (Å²) in [5.41, 5.74) is 1.13. The molecule has 0 amide bonds. The molecule has 0 atom stereocenters. The predicted octanol–water partition coefficient (Wildman–Crippen LogP) is 3.11. The minimum Gasteiger partial charge on any atom is -0.388 e. The highest BCUT2D eigenvalue weighted by Crippen LogP contribution is 2.28. The molecular weight excluding hydrogens is 403 g/mol. The molecule has 1 fully saturated rings. The van der Waals surface area contributed by atoms with Gasteiger partial charge < -0.3 is 15.3 Å². The summed E-state index contributed by atoms with van der Waals surface area (Å²) in [6.07, 6.45) is 6.33. The molecule has 7 nitrogen and oxygen atoms in total. The van der Waals surface area contributed by atoms with E-state index in [0.717, 1.165) is 22.8 Å². The second kappa shape index (κ2) is 9.01. The molecule has 1 aromatic carbocycles. The fourth-order valence-electron chi connectivity index (χ4n) is 3.49. The van der Waals surface area contributed by atoms with Crippen LogP contribution in [0.15, 0.2) is 49.1 Å². The lowest BCUT2D eigenvalue weighted by atomic mass is 9.97. The van der Waals surface area contributed by atoms with Gasteiger partial charge in [0.1, 0.15) is 6.33 Å². The Morgan fingerprint density at radius 2 is 2.10 bits per heavy atom. The summed E-state index contributed by atoms with van der Waals surface area (Å²) in [6.45, 7) is 0.750. The Bertz CT molecular complexity index is 977. The molecule has 3 aromatic rings. The molecule has 0 aliphatic carbocycles. The number of hydrogen-bond donors (Lipinski definition) is 2. The molecule has 1 aliphatic heterocycles. The van der Waals surface area contributed by atoms with Crippen molar-refractivity contribution in [2.24, 2.45) is 0 Å². The van der Waals surface area contributed by atoms with Crippen LogP contribution >= 0.6 is 11.8 Å². The van der Waals surface area contributed by atoms with Gasteiger partial charge in [0.25, 0.3) is 0 Å². The maximum Gasteiger partial charge on any atom is 0.207 e. The van der Waals surface area contributed by atoms with Crippen molar-refractivity contribution in [2.75, 3.05) is 35.3 Å². The van der Waals surface area contributed by atoms with Crippen molar-refractivity contribution < 1.29 is 9.50 Å². The zero-order valence-electron chi connectivity index (χ0n) is 16.8. The Labute approximate surface area is 179 Å². The minimum atomic E-state index is -0.818. The van der Waals surface area contributed by atoms with Gasteiger partial charge in [-0.15, -0.1) is 0 Å². The van der Waals surface area contributed by atoms with Crippen LogP contribution in [0.5, 0.6) is 0 Å². The van der Waals surface area contributed by atoms with Crippen molar-refractivity contribution in [3.05, 3.63) is 60.4 Å². The van der Waals surface area contributed by atoms with E-state index < -0.39 is 11.4 Å². The van der Waals surface area contributed by atoms with Gasteiger partial charge in [0.2, 0.25) is 5.82 Å². The van der Waals surface area contributed by atoms with E-state index in [9.17, 15) is 5.11 Å². The molecule has 2 aromatic heterocycles. The van der Waals surface area contributed by atoms with E-state index in [1.807, 2.05) is 48.3 Å². The SMILES string of the molecule is CN(Cc1cccc(-n2cccn2)c1)c1ncnc(NCC2(O)CCSCC2)c1F. The van der Waals surface area contributed by atoms with Gasteiger partial charge in [0.05, 0.1) is 11.3 Å². The first-order chi connectivity index (χ1) is 14.5. The first-order valence-electron chi connectivity index (χ1n) is 9.89. The van der Waals surface area contributed by atoms with Crippen LogP contribution in [0.1, 0.15) is 18.4 Å². The molecular formula is C21H25FN6OS. The van der Waals surface area contributed by atoms with Crippen LogP contribution in [0.2, 0.25) is 0 Å². The van der Waals surface area contributed by atoms with Crippen molar-refractivity contribution in [1.29, 1.82) is 0 Å². The Morgan fingerprint density at radius 3 is 2.87 bits per heavy atom. The first-order valence-corrected chi connectivity index (χ1v) is 11.0. The Morgan fingerprint density at radius 1 is 1.27 bits per heavy atom. The number of aliphatic hydroxyl groups is 1. The molecule has 0 radical (unpaired) electrons. The highest BCUT2D eigenvalue weighted by Gasteiger charge is 2.30. The second-order valence-corrected chi connectivity index (χ2v) is 8.75. The summed E-state index contributed by atoms with van der Waals surface area (Å²) >= 11 is 1.83. The molecule has 30 heavy (non-hydrogen) atoms. The molecule has 0 saturated carbocycles. The maximum absolute atomic E-state index is 15.1. The van der Waals surface area contributed by atoms with Crippen LogP contribution in [-0.2, 0) is 6.54 Å². The molecule has 9 heteroatoms. The summed E-state index contributed by atoms with van der Waals surface area (Å²) in [4.78, 5) is 9.92. The third-order valence-corrected chi connectivity index (χ3v) is 6.23. The van der Waals surface area contributed by atoms with Crippen molar-refractivity contribution >= 4 is 23.4 Å². The minimum absolute atomic E-state index is 0.115. The van der Waals surface area contributed by atoms with Gasteiger partial charge in [-0.05, 0) is 48.1 Å². The molecule has 0 unspecified atom stereocenters. The number of anilines is 2. The smallest absolute Gasteiger partial charge is 0.207 e. The summed E-state index contributed by atoms with van der Waals surface area (Å²) in [5, 5.41) is 17.9. The number of aromatic nitrogens is 4. The number of thioether (sulfide) groups is 1. The first kappa shape index (κ1) is 20.6. The van der Waals surface area contributed by atoms with Crippen molar-refractivity contribution in [1.82, 2.24) is 19.7 Å². The van der Waals surface area contributed by atoms with Gasteiger partial charge in [-0.3, -0.25) is 0 Å². The standard InChI is InChI=1S/C21H25FN6OS/c1-27(13-16-4-2-5-17(12-16)28-9-3-8-26-28)20-18(22)19(24-15-25-20)23-14-21(29)6-10-30-11-7-21/h2-5,8-9,12,15,29H,6-7,10-11,13-14H2,1H3,(H,23,24,25). The predicted molar refractivity (Wildman–Crippen MR) is 118 cm³/mol. The fourth-order valence-corrected chi connectivity index (χ4v) is 4.75. The van der Waals surface area contributed by atoms with E-state index in [1.54, 1.807) is 22.8 Å². The average molecular weight is 429 g/mol. The quantitative estimate of drug-likeness (QED) is 0.599. The molecule has 0 bridgehead atoms. The third kappa shape index (κ3) is 4.73. The Balaban J connectivity index is 1.46. The molecule has 158 valence electrons. The van der Waals surface area contributed by atoms with E-state index in [-0.39, 0.29) is 18.2 Å². The monoisotopic (exact) mass is 428 g/mol. The molecule has 2 N–H and O–H groups in total. The van der Waals surface area contributed by atoms with Gasteiger partial charge in [-0.2, -0.15) is 21.3 Å². The van der Waals surface area contributed by atoms with Crippen LogP contribution in [0.3, 0.4) is 0 Å². The third-order valence-electron chi connectivity index (χ3n) is 5.24. The number of rotatable bonds is 7. The van der Waals surface area contributed by atoms with Gasteiger partial charge in [0, 0.05) is 32.5 Å². The maximum atomic E-state index is 15.1. The van der Waals surface area contributed by atoms with E-state index >= 15 is 4.39 Å². The van der Waals surface area contributed by atoms with Crippen LogP contribution in [0.4, 0.5) is 16.0 Å². The molecule has 1 saturated heterocycles. The van der Waals surface area contributed by atoms with E-state index in [2.05, 4.69) is 20.4 Å². The van der Waals surface area contributed by atoms with Gasteiger partial charge in [-0.1, -0.05) is 12.1 Å². The van der Waals surface area contributed by atoms with Crippen LogP contribution in [0.25, 0.3) is 5.69 Å². The highest BCUT2D eigenvalue weighted by atomic mass is 32.2. The number of hydrogen-bond acceptors (Lipinski definition) is 7. The van der Waals surface area contributed by atoms with Crippen molar-refractivity contribution in [3.8, 4) is 5.69 Å². The number of nitrogens with zero attached hydrogens (tertiary/aromatic N) is 5. The summed E-state index contributed by atoms with van der Waals surface area (Å²) in [6, 6.07) is 9.79. The zero-order chi connectivity index (χ0) is 21.0. The number of halogens is 1. The summed E-state index contributed by atoms with van der Waals surface area (Å²) < 4.78 is 16.9. The lowest BCUT2D eigenvalue weighted by Crippen LogP contribution is -2.40. The summed E-state index contributed by atoms with van der Waals surface area (Å²) in [7, 11) is 1.79. The molecule has 0 spiro atoms. The lowest BCUT2D eigenvalue weighted by Gasteiger charge is -2.32. The second-order valence-electron chi connectivity index (χ2n) is 7.53. The van der Waals surface area contributed by atoms with E-state index in [1.165, 1.54) is 6.33 Å². The topological polar surface area (TPSA) is 79.1 Å². The number of nitrogens with one attached hydrogen (secondary N) is 1. The van der Waals surface area contributed by atoms with Crippen LogP contribution in [-0.4, -0.2) is 55.6 Å². The number of benzene rings is 1. The molecule has 1 aliphatic rings. The van der Waals surface area contributed by atoms with E-state index in [0.29, 0.717) is 19.4 Å². The van der Waals surface area contributed by atoms with Crippen LogP contribution in [0, 0.1) is 5.82 Å². The average Bonchev–Trinajstić information content (AvgIpc) is 3.29.